The van der Waals surface area contributed by atoms with E-state index >= 15 is 0 Å². The molecule has 192 valence electrons. The molecule has 2 aromatic carbocycles. The Morgan fingerprint density at radius 2 is 1.89 bits per heavy atom. The fraction of sp³-hybridized carbons (Fsp3) is 0.222. The number of thiazole rings is 1. The van der Waals surface area contributed by atoms with Gasteiger partial charge in [-0.05, 0) is 43.2 Å². The summed E-state index contributed by atoms with van der Waals surface area (Å²) in [6, 6.07) is 15.7. The molecule has 0 saturated heterocycles. The first-order valence-electron chi connectivity index (χ1n) is 11.6. The van der Waals surface area contributed by atoms with Gasteiger partial charge in [-0.25, -0.2) is 13.4 Å². The van der Waals surface area contributed by atoms with Crippen molar-refractivity contribution in [1.82, 2.24) is 10.3 Å². The number of hydrogen-bond donors (Lipinski definition) is 2. The third-order valence-corrected chi connectivity index (χ3v) is 9.24. The topological polar surface area (TPSA) is 105 Å². The average Bonchev–Trinajstić information content (AvgIpc) is 3.37. The van der Waals surface area contributed by atoms with Crippen LogP contribution >= 0.6 is 22.9 Å². The first-order valence-corrected chi connectivity index (χ1v) is 14.4. The van der Waals surface area contributed by atoms with Crippen LogP contribution in [0, 0.1) is 0 Å². The summed E-state index contributed by atoms with van der Waals surface area (Å²) in [5.41, 5.74) is 2.95. The van der Waals surface area contributed by atoms with Crippen LogP contribution in [0.4, 0.5) is 5.13 Å². The van der Waals surface area contributed by atoms with Crippen LogP contribution in [0.3, 0.4) is 0 Å². The molecule has 0 fully saturated rings. The molecule has 1 heterocycles. The largest absolute Gasteiger partial charge is 0.343 e. The Bertz CT molecular complexity index is 1480. The fourth-order valence-electron chi connectivity index (χ4n) is 3.77. The first kappa shape index (κ1) is 26.8. The van der Waals surface area contributed by atoms with Crippen molar-refractivity contribution in [2.45, 2.75) is 35.3 Å². The minimum absolute atomic E-state index is 0.0620. The number of hydrogen-bond acceptors (Lipinski definition) is 6. The average molecular weight is 556 g/mol. The Balaban J connectivity index is 1.36. The third kappa shape index (κ3) is 6.18. The van der Waals surface area contributed by atoms with Crippen LogP contribution in [0.5, 0.6) is 0 Å². The zero-order chi connectivity index (χ0) is 26.6. The number of nitrogens with zero attached hydrogens (tertiary/aromatic N) is 1. The van der Waals surface area contributed by atoms with Gasteiger partial charge in [-0.15, -0.1) is 22.9 Å². The van der Waals surface area contributed by atoms with E-state index in [0.717, 1.165) is 11.1 Å². The van der Waals surface area contributed by atoms with Crippen molar-refractivity contribution in [3.05, 3.63) is 95.0 Å². The van der Waals surface area contributed by atoms with Crippen LogP contribution in [0.1, 0.15) is 41.9 Å². The van der Waals surface area contributed by atoms with Gasteiger partial charge in [0.25, 0.3) is 5.91 Å². The molecule has 2 N–H and O–H groups in total. The number of allylic oxidation sites excluding steroid dienone is 4. The van der Waals surface area contributed by atoms with Gasteiger partial charge in [0.2, 0.25) is 5.91 Å². The molecule has 1 aromatic heterocycles. The lowest BCUT2D eigenvalue weighted by Crippen LogP contribution is -2.33. The van der Waals surface area contributed by atoms with Crippen molar-refractivity contribution in [3.8, 4) is 0 Å². The molecule has 0 aliphatic heterocycles. The second-order valence-electron chi connectivity index (χ2n) is 8.85. The number of halogens is 1. The van der Waals surface area contributed by atoms with Gasteiger partial charge in [0.05, 0.1) is 22.4 Å². The van der Waals surface area contributed by atoms with E-state index in [2.05, 4.69) is 15.6 Å². The lowest BCUT2D eigenvalue weighted by atomic mass is 9.88. The van der Waals surface area contributed by atoms with Crippen LogP contribution in [0.2, 0.25) is 0 Å². The fourth-order valence-corrected chi connectivity index (χ4v) is 6.06. The Morgan fingerprint density at radius 3 is 2.62 bits per heavy atom. The maximum absolute atomic E-state index is 12.5. The predicted molar refractivity (Wildman–Crippen MR) is 148 cm³/mol. The van der Waals surface area contributed by atoms with Gasteiger partial charge in [-0.1, -0.05) is 54.6 Å². The summed E-state index contributed by atoms with van der Waals surface area (Å²) >= 11 is 8.18. The Labute approximate surface area is 225 Å². The molecule has 3 aromatic rings. The third-order valence-electron chi connectivity index (χ3n) is 5.88. The van der Waals surface area contributed by atoms with Crippen molar-refractivity contribution in [1.29, 1.82) is 0 Å². The Morgan fingerprint density at radius 1 is 1.14 bits per heavy atom. The van der Waals surface area contributed by atoms with Crippen molar-refractivity contribution < 1.29 is 18.0 Å². The Hall–Kier alpha value is -3.27. The van der Waals surface area contributed by atoms with Gasteiger partial charge in [-0.2, -0.15) is 0 Å². The smallest absolute Gasteiger partial charge is 0.251 e. The van der Waals surface area contributed by atoms with E-state index in [-0.39, 0.29) is 17.0 Å². The summed E-state index contributed by atoms with van der Waals surface area (Å²) in [7, 11) is -3.52. The molecule has 0 spiro atoms. The number of anilines is 1. The highest BCUT2D eigenvalue weighted by Crippen LogP contribution is 2.43. The summed E-state index contributed by atoms with van der Waals surface area (Å²) in [4.78, 5) is 28.7. The van der Waals surface area contributed by atoms with E-state index < -0.39 is 31.8 Å². The normalized spacial score (nSPS) is 17.4. The quantitative estimate of drug-likeness (QED) is 0.373. The molecule has 1 unspecified atom stereocenters. The van der Waals surface area contributed by atoms with Gasteiger partial charge in [0.1, 0.15) is 4.87 Å². The molecule has 0 bridgehead atoms. The van der Waals surface area contributed by atoms with Gasteiger partial charge in [0.15, 0.2) is 15.0 Å². The van der Waals surface area contributed by atoms with E-state index in [1.807, 2.05) is 48.6 Å². The summed E-state index contributed by atoms with van der Waals surface area (Å²) in [5.74, 6) is -1.02. The molecule has 0 saturated carbocycles. The minimum atomic E-state index is -3.52. The molecule has 7 nitrogen and oxygen atoms in total. The monoisotopic (exact) mass is 555 g/mol. The SMILES string of the molecule is CC(C)S(=O)(=O)c1cccc(C(=O)NCC(=O)Nc2nc(C3(Cl)C=CC=C(c4ccccc4)C3)cs2)c1. The molecule has 1 aliphatic rings. The summed E-state index contributed by atoms with van der Waals surface area (Å²) in [6.45, 7) is 2.85. The molecular formula is C27H26ClN3O4S2. The second kappa shape index (κ2) is 11.0. The van der Waals surface area contributed by atoms with Gasteiger partial charge in [-0.3, -0.25) is 9.59 Å². The van der Waals surface area contributed by atoms with Gasteiger partial charge in [0, 0.05) is 17.4 Å². The first-order chi connectivity index (χ1) is 17.6. The van der Waals surface area contributed by atoms with Crippen molar-refractivity contribution in [3.63, 3.8) is 0 Å². The second-order valence-corrected chi connectivity index (χ2v) is 12.9. The molecule has 2 amide bonds. The lowest BCUT2D eigenvalue weighted by molar-refractivity contribution is -0.115. The van der Waals surface area contributed by atoms with Crippen LogP contribution in [0.15, 0.2) is 83.1 Å². The zero-order valence-electron chi connectivity index (χ0n) is 20.3. The molecule has 0 radical (unpaired) electrons. The number of nitrogens with one attached hydrogen (secondary N) is 2. The molecule has 10 heteroatoms. The van der Waals surface area contributed by atoms with E-state index in [4.69, 9.17) is 11.6 Å². The predicted octanol–water partition coefficient (Wildman–Crippen LogP) is 5.17. The standard InChI is InChI=1S/C27H26ClN3O4S2/c1-18(2)37(34,35)22-12-6-10-20(14-22)25(33)29-16-24(32)31-26-30-23(17-36-26)27(28)13-7-11-21(15-27)19-8-4-3-5-9-19/h3-14,17-18H,15-16H2,1-2H3,(H,29,33)(H,30,31,32). The minimum Gasteiger partial charge on any atom is -0.343 e. The maximum Gasteiger partial charge on any atom is 0.251 e. The lowest BCUT2D eigenvalue weighted by Gasteiger charge is -2.26. The highest BCUT2D eigenvalue weighted by molar-refractivity contribution is 7.92. The molecular weight excluding hydrogens is 530 g/mol. The summed E-state index contributed by atoms with van der Waals surface area (Å²) in [5, 5.41) is 6.75. The number of rotatable bonds is 8. The van der Waals surface area contributed by atoms with Gasteiger partial charge >= 0.3 is 0 Å². The zero-order valence-corrected chi connectivity index (χ0v) is 22.7. The maximum atomic E-state index is 12.5. The van der Waals surface area contributed by atoms with Crippen molar-refractivity contribution in [2.75, 3.05) is 11.9 Å². The van der Waals surface area contributed by atoms with Crippen molar-refractivity contribution in [2.24, 2.45) is 0 Å². The molecule has 1 aliphatic carbocycles. The van der Waals surface area contributed by atoms with Crippen LogP contribution in [0.25, 0.3) is 5.57 Å². The number of aromatic nitrogens is 1. The summed E-state index contributed by atoms with van der Waals surface area (Å²) in [6.07, 6.45) is 6.37. The van der Waals surface area contributed by atoms with Crippen LogP contribution in [-0.2, 0) is 19.5 Å². The number of benzene rings is 2. The van der Waals surface area contributed by atoms with E-state index in [1.165, 1.54) is 35.6 Å². The van der Waals surface area contributed by atoms with Crippen LogP contribution in [-0.4, -0.2) is 37.0 Å². The Kier molecular flexibility index (Phi) is 7.96. The van der Waals surface area contributed by atoms with Crippen molar-refractivity contribution >= 4 is 55.3 Å². The van der Waals surface area contributed by atoms with E-state index in [1.54, 1.807) is 19.2 Å². The summed E-state index contributed by atoms with van der Waals surface area (Å²) < 4.78 is 24.8. The molecule has 4 rings (SSSR count). The number of amides is 2. The number of carbonyl (C=O) groups excluding carboxylic acids is 2. The van der Waals surface area contributed by atoms with E-state index in [0.29, 0.717) is 17.2 Å². The number of alkyl halides is 1. The molecule has 37 heavy (non-hydrogen) atoms. The van der Waals surface area contributed by atoms with Crippen LogP contribution < -0.4 is 10.6 Å². The highest BCUT2D eigenvalue weighted by atomic mass is 35.5. The highest BCUT2D eigenvalue weighted by Gasteiger charge is 2.33. The van der Waals surface area contributed by atoms with E-state index in [9.17, 15) is 18.0 Å². The number of sulfone groups is 1. The van der Waals surface area contributed by atoms with Gasteiger partial charge < -0.3 is 10.6 Å². The number of carbonyl (C=O) groups is 2. The molecule has 1 atom stereocenters.